The standard InChI is InChI=1S/C18H24FN3O/c1-4-20-18(21-10-9-16-6-5-11-23-16)22-14(3)15-8-7-13(2)17(19)12-15/h5-8,11-12,14H,4,9-10H2,1-3H3,(H2,20,21,22). The summed E-state index contributed by atoms with van der Waals surface area (Å²) >= 11 is 0. The van der Waals surface area contributed by atoms with E-state index in [4.69, 9.17) is 4.42 Å². The number of nitrogens with zero attached hydrogens (tertiary/aromatic N) is 1. The Kier molecular flexibility index (Phi) is 6.20. The lowest BCUT2D eigenvalue weighted by Crippen LogP contribution is -2.38. The topological polar surface area (TPSA) is 49.6 Å². The molecule has 1 atom stereocenters. The molecular formula is C18H24FN3O. The van der Waals surface area contributed by atoms with Gasteiger partial charge in [-0.25, -0.2) is 4.39 Å². The summed E-state index contributed by atoms with van der Waals surface area (Å²) in [5.74, 6) is 1.45. The normalized spacial score (nSPS) is 13.0. The molecule has 0 spiro atoms. The molecule has 0 saturated carbocycles. The maximum atomic E-state index is 13.7. The minimum Gasteiger partial charge on any atom is -0.469 e. The van der Waals surface area contributed by atoms with Crippen LogP contribution in [0.4, 0.5) is 4.39 Å². The van der Waals surface area contributed by atoms with E-state index in [2.05, 4.69) is 15.6 Å². The lowest BCUT2D eigenvalue weighted by Gasteiger charge is -2.18. The van der Waals surface area contributed by atoms with E-state index in [0.717, 1.165) is 24.3 Å². The molecule has 1 unspecified atom stereocenters. The second kappa shape index (κ2) is 8.36. The van der Waals surface area contributed by atoms with Gasteiger partial charge < -0.3 is 15.1 Å². The zero-order valence-corrected chi connectivity index (χ0v) is 13.9. The predicted octanol–water partition coefficient (Wildman–Crippen LogP) is 3.59. The molecule has 2 aromatic rings. The minimum atomic E-state index is -0.184. The van der Waals surface area contributed by atoms with Gasteiger partial charge in [0, 0.05) is 19.5 Å². The maximum absolute atomic E-state index is 13.7. The van der Waals surface area contributed by atoms with Crippen LogP contribution in [0.2, 0.25) is 0 Å². The van der Waals surface area contributed by atoms with Crippen LogP contribution in [0.25, 0.3) is 0 Å². The molecule has 0 radical (unpaired) electrons. The largest absolute Gasteiger partial charge is 0.469 e. The minimum absolute atomic E-state index is 0.0356. The van der Waals surface area contributed by atoms with E-state index in [1.165, 1.54) is 0 Å². The van der Waals surface area contributed by atoms with Crippen molar-refractivity contribution in [3.63, 3.8) is 0 Å². The average molecular weight is 317 g/mol. The van der Waals surface area contributed by atoms with Crippen molar-refractivity contribution in [1.29, 1.82) is 0 Å². The molecule has 0 aliphatic carbocycles. The second-order valence-electron chi connectivity index (χ2n) is 5.46. The molecule has 23 heavy (non-hydrogen) atoms. The first-order valence-electron chi connectivity index (χ1n) is 7.93. The van der Waals surface area contributed by atoms with Crippen LogP contribution in [-0.2, 0) is 6.42 Å². The molecule has 0 amide bonds. The molecule has 5 heteroatoms. The Morgan fingerprint density at radius 2 is 2.17 bits per heavy atom. The van der Waals surface area contributed by atoms with Crippen molar-refractivity contribution in [3.8, 4) is 0 Å². The summed E-state index contributed by atoms with van der Waals surface area (Å²) < 4.78 is 19.0. The first-order chi connectivity index (χ1) is 11.1. The van der Waals surface area contributed by atoms with E-state index in [0.29, 0.717) is 18.1 Å². The Bertz CT molecular complexity index is 638. The van der Waals surface area contributed by atoms with Gasteiger partial charge in [0.05, 0.1) is 12.3 Å². The van der Waals surface area contributed by atoms with Crippen LogP contribution >= 0.6 is 0 Å². The molecule has 0 bridgehead atoms. The van der Waals surface area contributed by atoms with Crippen molar-refractivity contribution in [2.75, 3.05) is 13.1 Å². The van der Waals surface area contributed by atoms with Gasteiger partial charge in [0.15, 0.2) is 5.96 Å². The van der Waals surface area contributed by atoms with Gasteiger partial charge >= 0.3 is 0 Å². The van der Waals surface area contributed by atoms with E-state index in [1.54, 1.807) is 25.3 Å². The Labute approximate surface area is 136 Å². The van der Waals surface area contributed by atoms with Gasteiger partial charge in [-0.3, -0.25) is 4.99 Å². The number of aliphatic imine (C=N–C) groups is 1. The highest BCUT2D eigenvalue weighted by Crippen LogP contribution is 2.16. The fourth-order valence-corrected chi connectivity index (χ4v) is 2.22. The van der Waals surface area contributed by atoms with Crippen molar-refractivity contribution >= 4 is 5.96 Å². The predicted molar refractivity (Wildman–Crippen MR) is 91.1 cm³/mol. The molecule has 0 aliphatic heterocycles. The summed E-state index contributed by atoms with van der Waals surface area (Å²) in [6.07, 6.45) is 2.41. The van der Waals surface area contributed by atoms with Crippen molar-refractivity contribution < 1.29 is 8.81 Å². The van der Waals surface area contributed by atoms with Crippen LogP contribution in [0.3, 0.4) is 0 Å². The van der Waals surface area contributed by atoms with Gasteiger partial charge in [-0.2, -0.15) is 0 Å². The van der Waals surface area contributed by atoms with E-state index >= 15 is 0 Å². The highest BCUT2D eigenvalue weighted by atomic mass is 19.1. The zero-order chi connectivity index (χ0) is 16.7. The number of nitrogens with one attached hydrogen (secondary N) is 2. The number of guanidine groups is 1. The summed E-state index contributed by atoms with van der Waals surface area (Å²) in [6.45, 7) is 7.15. The molecule has 0 fully saturated rings. The van der Waals surface area contributed by atoms with Crippen LogP contribution in [0.1, 0.15) is 36.8 Å². The van der Waals surface area contributed by atoms with Gasteiger partial charge in [0.1, 0.15) is 11.6 Å². The Morgan fingerprint density at radius 3 is 2.83 bits per heavy atom. The zero-order valence-electron chi connectivity index (χ0n) is 13.9. The lowest BCUT2D eigenvalue weighted by molar-refractivity contribution is 0.510. The first kappa shape index (κ1) is 17.1. The van der Waals surface area contributed by atoms with Gasteiger partial charge in [0.25, 0.3) is 0 Å². The van der Waals surface area contributed by atoms with E-state index < -0.39 is 0 Å². The van der Waals surface area contributed by atoms with Crippen molar-refractivity contribution in [2.45, 2.75) is 33.2 Å². The summed E-state index contributed by atoms with van der Waals surface area (Å²) in [7, 11) is 0. The molecule has 1 aromatic carbocycles. The fourth-order valence-electron chi connectivity index (χ4n) is 2.22. The molecule has 124 valence electrons. The van der Waals surface area contributed by atoms with Crippen LogP contribution in [-0.4, -0.2) is 19.0 Å². The summed E-state index contributed by atoms with van der Waals surface area (Å²) in [5.41, 5.74) is 1.55. The van der Waals surface area contributed by atoms with E-state index in [-0.39, 0.29) is 11.9 Å². The number of benzene rings is 1. The average Bonchev–Trinajstić information content (AvgIpc) is 3.03. The Morgan fingerprint density at radius 1 is 1.35 bits per heavy atom. The number of hydrogen-bond donors (Lipinski definition) is 2. The van der Waals surface area contributed by atoms with E-state index in [1.807, 2.05) is 32.0 Å². The highest BCUT2D eigenvalue weighted by molar-refractivity contribution is 5.80. The van der Waals surface area contributed by atoms with E-state index in [9.17, 15) is 4.39 Å². The summed E-state index contributed by atoms with van der Waals surface area (Å²) in [6, 6.07) is 9.07. The third-order valence-electron chi connectivity index (χ3n) is 3.60. The molecule has 1 heterocycles. The maximum Gasteiger partial charge on any atom is 0.191 e. The Hall–Kier alpha value is -2.30. The summed E-state index contributed by atoms with van der Waals surface area (Å²) in [5, 5.41) is 6.51. The summed E-state index contributed by atoms with van der Waals surface area (Å²) in [4.78, 5) is 4.53. The van der Waals surface area contributed by atoms with Crippen LogP contribution < -0.4 is 10.6 Å². The Balaban J connectivity index is 1.97. The van der Waals surface area contributed by atoms with Gasteiger partial charge in [-0.1, -0.05) is 12.1 Å². The smallest absolute Gasteiger partial charge is 0.191 e. The van der Waals surface area contributed by atoms with Gasteiger partial charge in [0.2, 0.25) is 0 Å². The van der Waals surface area contributed by atoms with Crippen molar-refractivity contribution in [3.05, 3.63) is 59.3 Å². The van der Waals surface area contributed by atoms with Crippen LogP contribution in [0, 0.1) is 12.7 Å². The quantitative estimate of drug-likeness (QED) is 0.632. The molecule has 4 nitrogen and oxygen atoms in total. The fraction of sp³-hybridized carbons (Fsp3) is 0.389. The lowest BCUT2D eigenvalue weighted by atomic mass is 10.1. The molecule has 0 saturated heterocycles. The molecule has 2 N–H and O–H groups in total. The molecule has 2 rings (SSSR count). The number of furan rings is 1. The van der Waals surface area contributed by atoms with Gasteiger partial charge in [-0.05, 0) is 50.1 Å². The molecule has 1 aromatic heterocycles. The second-order valence-corrected chi connectivity index (χ2v) is 5.46. The van der Waals surface area contributed by atoms with Crippen molar-refractivity contribution in [1.82, 2.24) is 10.6 Å². The molecular weight excluding hydrogens is 293 g/mol. The number of halogens is 1. The van der Waals surface area contributed by atoms with Crippen LogP contribution in [0.15, 0.2) is 46.0 Å². The SMILES string of the molecule is CCNC(=NCCc1ccco1)NC(C)c1ccc(C)c(F)c1. The third-order valence-corrected chi connectivity index (χ3v) is 3.60. The monoisotopic (exact) mass is 317 g/mol. The number of hydrogen-bond acceptors (Lipinski definition) is 2. The van der Waals surface area contributed by atoms with Gasteiger partial charge in [-0.15, -0.1) is 0 Å². The molecule has 0 aliphatic rings. The third kappa shape index (κ3) is 5.13. The number of aryl methyl sites for hydroxylation is 1. The van der Waals surface area contributed by atoms with Crippen LogP contribution in [0.5, 0.6) is 0 Å². The highest BCUT2D eigenvalue weighted by Gasteiger charge is 2.09. The number of rotatable bonds is 6. The van der Waals surface area contributed by atoms with Crippen molar-refractivity contribution in [2.24, 2.45) is 4.99 Å². The first-order valence-corrected chi connectivity index (χ1v) is 7.93.